The van der Waals surface area contributed by atoms with E-state index in [2.05, 4.69) is 11.6 Å². The van der Waals surface area contributed by atoms with Gasteiger partial charge in [-0.15, -0.1) is 0 Å². The van der Waals surface area contributed by atoms with Gasteiger partial charge in [0.15, 0.2) is 5.69 Å². The van der Waals surface area contributed by atoms with E-state index in [1.54, 1.807) is 6.92 Å². The first-order valence-electron chi connectivity index (χ1n) is 3.73. The van der Waals surface area contributed by atoms with Crippen LogP contribution in [0.2, 0.25) is 5.15 Å². The van der Waals surface area contributed by atoms with E-state index in [-0.39, 0.29) is 5.82 Å². The van der Waals surface area contributed by atoms with Gasteiger partial charge in [-0.1, -0.05) is 18.2 Å². The van der Waals surface area contributed by atoms with Crippen molar-refractivity contribution in [2.24, 2.45) is 0 Å². The third kappa shape index (κ3) is 1.77. The molecule has 0 unspecified atom stereocenters. The van der Waals surface area contributed by atoms with Crippen molar-refractivity contribution >= 4 is 17.3 Å². The molecule has 2 nitrogen and oxygen atoms in total. The SMILES string of the molecule is C=C(C)n1c(C)nc(C(F)(F)F)c1Cl. The Kier molecular flexibility index (Phi) is 2.63. The Morgan fingerprint density at radius 3 is 2.21 bits per heavy atom. The average Bonchev–Trinajstić information content (AvgIpc) is 2.24. The molecule has 1 aromatic rings. The minimum Gasteiger partial charge on any atom is -0.292 e. The zero-order valence-electron chi connectivity index (χ0n) is 7.61. The summed E-state index contributed by atoms with van der Waals surface area (Å²) in [6, 6.07) is 0. The maximum absolute atomic E-state index is 12.3. The molecule has 0 aromatic carbocycles. The molecule has 1 rings (SSSR count). The van der Waals surface area contributed by atoms with Crippen molar-refractivity contribution < 1.29 is 13.2 Å². The molecule has 0 spiro atoms. The van der Waals surface area contributed by atoms with Crippen molar-refractivity contribution in [2.45, 2.75) is 20.0 Å². The van der Waals surface area contributed by atoms with E-state index in [4.69, 9.17) is 11.6 Å². The van der Waals surface area contributed by atoms with Crippen LogP contribution >= 0.6 is 11.6 Å². The van der Waals surface area contributed by atoms with Crippen molar-refractivity contribution in [1.29, 1.82) is 0 Å². The molecule has 0 N–H and O–H groups in total. The molecule has 0 bridgehead atoms. The number of hydrogen-bond donors (Lipinski definition) is 0. The Hall–Kier alpha value is -0.970. The first-order chi connectivity index (χ1) is 6.25. The van der Waals surface area contributed by atoms with Gasteiger partial charge in [-0.05, 0) is 13.8 Å². The van der Waals surface area contributed by atoms with Crippen molar-refractivity contribution in [3.8, 4) is 0 Å². The lowest BCUT2D eigenvalue weighted by molar-refractivity contribution is -0.140. The van der Waals surface area contributed by atoms with Gasteiger partial charge < -0.3 is 0 Å². The molecule has 1 aromatic heterocycles. The summed E-state index contributed by atoms with van der Waals surface area (Å²) >= 11 is 5.53. The zero-order chi connectivity index (χ0) is 11.1. The normalized spacial score (nSPS) is 11.9. The summed E-state index contributed by atoms with van der Waals surface area (Å²) < 4.78 is 38.1. The Morgan fingerprint density at radius 1 is 1.50 bits per heavy atom. The average molecular weight is 225 g/mol. The molecule has 0 atom stereocenters. The number of hydrogen-bond acceptors (Lipinski definition) is 1. The van der Waals surface area contributed by atoms with Crippen molar-refractivity contribution in [1.82, 2.24) is 9.55 Å². The van der Waals surface area contributed by atoms with Crippen LogP contribution < -0.4 is 0 Å². The van der Waals surface area contributed by atoms with Gasteiger partial charge in [-0.3, -0.25) is 4.57 Å². The number of allylic oxidation sites excluding steroid dienone is 1. The zero-order valence-corrected chi connectivity index (χ0v) is 8.37. The highest BCUT2D eigenvalue weighted by Crippen LogP contribution is 2.35. The molecule has 0 aliphatic carbocycles. The smallest absolute Gasteiger partial charge is 0.292 e. The van der Waals surface area contributed by atoms with Crippen LogP contribution in [0.25, 0.3) is 5.70 Å². The first-order valence-corrected chi connectivity index (χ1v) is 4.11. The molecule has 6 heteroatoms. The molecule has 78 valence electrons. The molecule has 0 amide bonds. The summed E-state index contributed by atoms with van der Waals surface area (Å²) in [5.74, 6) is 0.176. The molecular weight excluding hydrogens is 217 g/mol. The number of aryl methyl sites for hydroxylation is 1. The Bertz CT molecular complexity index is 379. The molecular formula is C8H8ClF3N2. The van der Waals surface area contributed by atoms with Crippen LogP contribution in [-0.2, 0) is 6.18 Å². The lowest BCUT2D eigenvalue weighted by Gasteiger charge is -2.05. The van der Waals surface area contributed by atoms with Gasteiger partial charge >= 0.3 is 6.18 Å². The third-order valence-corrected chi connectivity index (χ3v) is 1.99. The van der Waals surface area contributed by atoms with E-state index in [1.165, 1.54) is 6.92 Å². The fourth-order valence-corrected chi connectivity index (χ4v) is 1.55. The van der Waals surface area contributed by atoms with Gasteiger partial charge in [0.25, 0.3) is 0 Å². The number of nitrogens with zero attached hydrogens (tertiary/aromatic N) is 2. The second kappa shape index (κ2) is 3.31. The predicted molar refractivity (Wildman–Crippen MR) is 48.0 cm³/mol. The molecule has 14 heavy (non-hydrogen) atoms. The van der Waals surface area contributed by atoms with Crippen molar-refractivity contribution in [3.05, 3.63) is 23.3 Å². The van der Waals surface area contributed by atoms with Crippen LogP contribution in [0.5, 0.6) is 0 Å². The summed E-state index contributed by atoms with van der Waals surface area (Å²) in [6.45, 7) is 6.51. The van der Waals surface area contributed by atoms with Crippen LogP contribution in [-0.4, -0.2) is 9.55 Å². The second-order valence-electron chi connectivity index (χ2n) is 2.87. The molecule has 0 aliphatic rings. The van der Waals surface area contributed by atoms with E-state index < -0.39 is 17.0 Å². The fourth-order valence-electron chi connectivity index (χ4n) is 1.13. The summed E-state index contributed by atoms with van der Waals surface area (Å²) in [5.41, 5.74) is -0.671. The van der Waals surface area contributed by atoms with E-state index in [0.29, 0.717) is 5.70 Å². The number of aromatic nitrogens is 2. The number of halogens is 4. The molecule has 0 fully saturated rings. The summed E-state index contributed by atoms with van der Waals surface area (Å²) in [7, 11) is 0. The maximum atomic E-state index is 12.3. The summed E-state index contributed by atoms with van der Waals surface area (Å²) in [5, 5.41) is -0.442. The Balaban J connectivity index is 3.39. The summed E-state index contributed by atoms with van der Waals surface area (Å²) in [4.78, 5) is 3.35. The van der Waals surface area contributed by atoms with Gasteiger partial charge in [0.05, 0.1) is 0 Å². The maximum Gasteiger partial charge on any atom is 0.436 e. The van der Waals surface area contributed by atoms with Gasteiger partial charge in [0.2, 0.25) is 0 Å². The van der Waals surface area contributed by atoms with Crippen LogP contribution in [0.15, 0.2) is 6.58 Å². The van der Waals surface area contributed by atoms with Crippen molar-refractivity contribution in [3.63, 3.8) is 0 Å². The first kappa shape index (κ1) is 11.1. The number of alkyl halides is 3. The highest BCUT2D eigenvalue weighted by atomic mass is 35.5. The minimum atomic E-state index is -4.53. The molecule has 0 saturated heterocycles. The fraction of sp³-hybridized carbons (Fsp3) is 0.375. The number of rotatable bonds is 1. The van der Waals surface area contributed by atoms with E-state index in [0.717, 1.165) is 4.57 Å². The number of imidazole rings is 1. The van der Waals surface area contributed by atoms with Crippen LogP contribution in [0, 0.1) is 6.92 Å². The van der Waals surface area contributed by atoms with Gasteiger partial charge in [-0.2, -0.15) is 13.2 Å². The lowest BCUT2D eigenvalue weighted by atomic mass is 10.4. The quantitative estimate of drug-likeness (QED) is 0.715. The van der Waals surface area contributed by atoms with E-state index >= 15 is 0 Å². The van der Waals surface area contributed by atoms with Crippen LogP contribution in [0.3, 0.4) is 0 Å². The highest BCUT2D eigenvalue weighted by molar-refractivity contribution is 6.30. The topological polar surface area (TPSA) is 17.8 Å². The van der Waals surface area contributed by atoms with Gasteiger partial charge in [0, 0.05) is 5.70 Å². The lowest BCUT2D eigenvalue weighted by Crippen LogP contribution is -2.06. The molecule has 0 aliphatic heterocycles. The molecule has 0 radical (unpaired) electrons. The Labute approximate surface area is 84.0 Å². The highest BCUT2D eigenvalue weighted by Gasteiger charge is 2.38. The monoisotopic (exact) mass is 224 g/mol. The van der Waals surface area contributed by atoms with Gasteiger partial charge in [0.1, 0.15) is 11.0 Å². The molecule has 0 saturated carbocycles. The van der Waals surface area contributed by atoms with Crippen LogP contribution in [0.4, 0.5) is 13.2 Å². The third-order valence-electron chi connectivity index (χ3n) is 1.64. The minimum absolute atomic E-state index is 0.176. The van der Waals surface area contributed by atoms with Gasteiger partial charge in [-0.25, -0.2) is 4.98 Å². The largest absolute Gasteiger partial charge is 0.436 e. The summed E-state index contributed by atoms with van der Waals surface area (Å²) in [6.07, 6.45) is -4.53. The second-order valence-corrected chi connectivity index (χ2v) is 3.22. The standard InChI is InChI=1S/C8H8ClF3N2/c1-4(2)14-5(3)13-6(7(14)9)8(10,11)12/h1H2,2-3H3. The predicted octanol–water partition coefficient (Wildman–Crippen LogP) is 3.35. The van der Waals surface area contributed by atoms with Crippen molar-refractivity contribution in [2.75, 3.05) is 0 Å². The van der Waals surface area contributed by atoms with Crippen LogP contribution in [0.1, 0.15) is 18.4 Å². The Morgan fingerprint density at radius 2 is 2.00 bits per heavy atom. The molecule has 1 heterocycles. The van der Waals surface area contributed by atoms with E-state index in [9.17, 15) is 13.2 Å². The van der Waals surface area contributed by atoms with E-state index in [1.807, 2.05) is 0 Å².